The SMILES string of the molecule is c1ccc(-n2c3ccccc3c3c4c5ccccc5n(-c5ccc6c(c5)-c5ccccc5C6)c4ccc32)cc1. The van der Waals surface area contributed by atoms with Crippen molar-refractivity contribution in [3.8, 4) is 22.5 Å². The zero-order valence-electron chi connectivity index (χ0n) is 21.3. The summed E-state index contributed by atoms with van der Waals surface area (Å²) in [7, 11) is 0. The zero-order chi connectivity index (χ0) is 25.5. The molecular weight excluding hydrogens is 472 g/mol. The van der Waals surface area contributed by atoms with E-state index < -0.39 is 0 Å². The lowest BCUT2D eigenvalue weighted by Gasteiger charge is -2.11. The van der Waals surface area contributed by atoms with Gasteiger partial charge in [-0.05, 0) is 77.2 Å². The van der Waals surface area contributed by atoms with E-state index in [9.17, 15) is 0 Å². The minimum Gasteiger partial charge on any atom is -0.309 e. The number of rotatable bonds is 2. The monoisotopic (exact) mass is 496 g/mol. The number of nitrogens with zero attached hydrogens (tertiary/aromatic N) is 2. The van der Waals surface area contributed by atoms with E-state index in [1.807, 2.05) is 0 Å². The second-order valence-corrected chi connectivity index (χ2v) is 10.6. The molecule has 0 radical (unpaired) electrons. The Labute approximate surface area is 226 Å². The molecule has 2 heterocycles. The van der Waals surface area contributed by atoms with E-state index in [1.54, 1.807) is 0 Å². The Hall–Kier alpha value is -5.08. The number of hydrogen-bond acceptors (Lipinski definition) is 0. The standard InChI is InChI=1S/C37H24N2/c1-2-11-26(12-3-1)38-32-16-8-6-14-29(32)36-34(38)20-21-35-37(36)30-15-7-9-17-33(30)39(35)27-19-18-25-22-24-10-4-5-13-28(24)31(25)23-27/h1-21,23H,22H2. The molecule has 0 spiro atoms. The highest BCUT2D eigenvalue weighted by molar-refractivity contribution is 6.28. The molecule has 9 rings (SSSR count). The third-order valence-electron chi connectivity index (χ3n) is 8.53. The molecule has 1 aliphatic rings. The van der Waals surface area contributed by atoms with Gasteiger partial charge in [-0.25, -0.2) is 0 Å². The van der Waals surface area contributed by atoms with Crippen LogP contribution in [0.1, 0.15) is 11.1 Å². The molecule has 6 aromatic carbocycles. The molecule has 0 unspecified atom stereocenters. The average molecular weight is 497 g/mol. The summed E-state index contributed by atoms with van der Waals surface area (Å²) < 4.78 is 4.86. The van der Waals surface area contributed by atoms with Gasteiger partial charge in [0.25, 0.3) is 0 Å². The Kier molecular flexibility index (Phi) is 4.14. The first-order valence-electron chi connectivity index (χ1n) is 13.6. The van der Waals surface area contributed by atoms with Crippen molar-refractivity contribution in [1.82, 2.24) is 9.13 Å². The summed E-state index contributed by atoms with van der Waals surface area (Å²) in [5.41, 5.74) is 12.9. The normalized spacial score (nSPS) is 12.5. The van der Waals surface area contributed by atoms with Gasteiger partial charge in [0.05, 0.1) is 22.1 Å². The molecule has 0 atom stereocenters. The van der Waals surface area contributed by atoms with Crippen molar-refractivity contribution in [2.75, 3.05) is 0 Å². The van der Waals surface area contributed by atoms with Crippen molar-refractivity contribution < 1.29 is 0 Å². The third-order valence-corrected chi connectivity index (χ3v) is 8.53. The third kappa shape index (κ3) is 2.81. The second kappa shape index (κ2) is 7.72. The van der Waals surface area contributed by atoms with Crippen molar-refractivity contribution >= 4 is 43.6 Å². The largest absolute Gasteiger partial charge is 0.309 e. The van der Waals surface area contributed by atoms with E-state index in [4.69, 9.17) is 0 Å². The second-order valence-electron chi connectivity index (χ2n) is 10.6. The fourth-order valence-corrected chi connectivity index (χ4v) is 6.90. The van der Waals surface area contributed by atoms with Crippen LogP contribution in [-0.2, 0) is 6.42 Å². The van der Waals surface area contributed by atoms with E-state index >= 15 is 0 Å². The fraction of sp³-hybridized carbons (Fsp3) is 0.0270. The Morgan fingerprint density at radius 1 is 0.385 bits per heavy atom. The summed E-state index contributed by atoms with van der Waals surface area (Å²) in [5, 5.41) is 5.20. The van der Waals surface area contributed by atoms with E-state index in [0.717, 1.165) is 6.42 Å². The molecule has 2 aromatic heterocycles. The van der Waals surface area contributed by atoms with Gasteiger partial charge in [0.1, 0.15) is 0 Å². The summed E-state index contributed by atoms with van der Waals surface area (Å²) in [6.45, 7) is 0. The van der Waals surface area contributed by atoms with Crippen molar-refractivity contribution in [2.24, 2.45) is 0 Å². The van der Waals surface area contributed by atoms with Gasteiger partial charge < -0.3 is 9.13 Å². The first-order chi connectivity index (χ1) is 19.4. The highest BCUT2D eigenvalue weighted by Gasteiger charge is 2.22. The Morgan fingerprint density at radius 2 is 0.949 bits per heavy atom. The van der Waals surface area contributed by atoms with Gasteiger partial charge in [-0.15, -0.1) is 0 Å². The summed E-state index contributed by atoms with van der Waals surface area (Å²) in [6.07, 6.45) is 1.01. The molecule has 1 aliphatic carbocycles. The van der Waals surface area contributed by atoms with Crippen LogP contribution in [0.15, 0.2) is 133 Å². The van der Waals surface area contributed by atoms with Crippen molar-refractivity contribution in [3.05, 3.63) is 145 Å². The molecular formula is C37H24N2. The smallest absolute Gasteiger partial charge is 0.0548 e. The number of aromatic nitrogens is 2. The van der Waals surface area contributed by atoms with Gasteiger partial charge in [0.2, 0.25) is 0 Å². The number of benzene rings is 6. The maximum Gasteiger partial charge on any atom is 0.0548 e. The summed E-state index contributed by atoms with van der Waals surface area (Å²) in [6, 6.07) is 48.9. The number of fused-ring (bicyclic) bond motifs is 10. The van der Waals surface area contributed by atoms with Crippen molar-refractivity contribution in [1.29, 1.82) is 0 Å². The van der Waals surface area contributed by atoms with Gasteiger partial charge in [-0.2, -0.15) is 0 Å². The highest BCUT2D eigenvalue weighted by atomic mass is 15.0. The predicted octanol–water partition coefficient (Wildman–Crippen LogP) is 9.45. The lowest BCUT2D eigenvalue weighted by atomic mass is 10.0. The predicted molar refractivity (Wildman–Crippen MR) is 163 cm³/mol. The molecule has 2 heteroatoms. The lowest BCUT2D eigenvalue weighted by Crippen LogP contribution is -1.95. The molecule has 0 aliphatic heterocycles. The zero-order valence-corrected chi connectivity index (χ0v) is 21.3. The molecule has 8 aromatic rings. The van der Waals surface area contributed by atoms with Crippen LogP contribution in [0.5, 0.6) is 0 Å². The van der Waals surface area contributed by atoms with Crippen LogP contribution in [0.2, 0.25) is 0 Å². The van der Waals surface area contributed by atoms with Gasteiger partial charge in [-0.1, -0.05) is 84.9 Å². The highest BCUT2D eigenvalue weighted by Crippen LogP contribution is 2.43. The molecule has 0 saturated heterocycles. The molecule has 0 N–H and O–H groups in total. The molecule has 182 valence electrons. The molecule has 0 bridgehead atoms. The number of hydrogen-bond donors (Lipinski definition) is 0. The molecule has 39 heavy (non-hydrogen) atoms. The van der Waals surface area contributed by atoms with E-state index in [0.29, 0.717) is 0 Å². The van der Waals surface area contributed by atoms with Crippen LogP contribution < -0.4 is 0 Å². The van der Waals surface area contributed by atoms with Gasteiger partial charge in [0, 0.05) is 32.9 Å². The summed E-state index contributed by atoms with van der Waals surface area (Å²) >= 11 is 0. The van der Waals surface area contributed by atoms with Crippen LogP contribution in [0.4, 0.5) is 0 Å². The minimum absolute atomic E-state index is 1.01. The lowest BCUT2D eigenvalue weighted by molar-refractivity contribution is 1.17. The van der Waals surface area contributed by atoms with E-state index in [1.165, 1.54) is 77.2 Å². The number of para-hydroxylation sites is 3. The van der Waals surface area contributed by atoms with Crippen LogP contribution in [0.25, 0.3) is 66.1 Å². The Balaban J connectivity index is 1.41. The van der Waals surface area contributed by atoms with Gasteiger partial charge >= 0.3 is 0 Å². The van der Waals surface area contributed by atoms with Crippen molar-refractivity contribution in [2.45, 2.75) is 6.42 Å². The Bertz CT molecular complexity index is 2250. The van der Waals surface area contributed by atoms with Gasteiger partial charge in [-0.3, -0.25) is 0 Å². The first-order valence-corrected chi connectivity index (χ1v) is 13.6. The molecule has 2 nitrogen and oxygen atoms in total. The van der Waals surface area contributed by atoms with Crippen molar-refractivity contribution in [3.63, 3.8) is 0 Å². The average Bonchev–Trinajstić information content (AvgIpc) is 3.64. The quantitative estimate of drug-likeness (QED) is 0.226. The maximum atomic E-state index is 2.46. The van der Waals surface area contributed by atoms with E-state index in [2.05, 4.69) is 143 Å². The molecule has 0 amide bonds. The first kappa shape index (κ1) is 20.9. The minimum atomic E-state index is 1.01. The van der Waals surface area contributed by atoms with Crippen LogP contribution in [-0.4, -0.2) is 9.13 Å². The summed E-state index contributed by atoms with van der Waals surface area (Å²) in [5.74, 6) is 0. The Morgan fingerprint density at radius 3 is 1.67 bits per heavy atom. The topological polar surface area (TPSA) is 9.86 Å². The molecule has 0 saturated carbocycles. The van der Waals surface area contributed by atoms with Gasteiger partial charge in [0.15, 0.2) is 0 Å². The fourth-order valence-electron chi connectivity index (χ4n) is 6.90. The summed E-state index contributed by atoms with van der Waals surface area (Å²) in [4.78, 5) is 0. The van der Waals surface area contributed by atoms with Crippen LogP contribution >= 0.6 is 0 Å². The maximum absolute atomic E-state index is 2.46. The van der Waals surface area contributed by atoms with Crippen LogP contribution in [0, 0.1) is 0 Å². The van der Waals surface area contributed by atoms with E-state index in [-0.39, 0.29) is 0 Å². The van der Waals surface area contributed by atoms with Crippen LogP contribution in [0.3, 0.4) is 0 Å². The molecule has 0 fully saturated rings.